The van der Waals surface area contributed by atoms with E-state index in [1.165, 1.54) is 0 Å². The molecule has 7 heteroatoms. The smallest absolute Gasteiger partial charge is 0.235 e. The number of nitriles is 1. The summed E-state index contributed by atoms with van der Waals surface area (Å²) < 4.78 is 5.31. The zero-order chi connectivity index (χ0) is 17.9. The fourth-order valence-electron chi connectivity index (χ4n) is 3.86. The molecule has 3 aliphatic rings. The predicted octanol–water partition coefficient (Wildman–Crippen LogP) is 0.366. The fraction of sp³-hybridized carbons (Fsp3) is 0.833. The van der Waals surface area contributed by atoms with Crippen molar-refractivity contribution in [2.75, 3.05) is 45.9 Å². The van der Waals surface area contributed by atoms with Gasteiger partial charge in [-0.15, -0.1) is 0 Å². The van der Waals surface area contributed by atoms with E-state index in [4.69, 9.17) is 4.74 Å². The highest BCUT2D eigenvalue weighted by molar-refractivity contribution is 5.81. The minimum atomic E-state index is -0.754. The topological polar surface area (TPSA) is 85.7 Å². The van der Waals surface area contributed by atoms with Crippen LogP contribution in [0.5, 0.6) is 0 Å². The Morgan fingerprint density at radius 3 is 2.60 bits per heavy atom. The van der Waals surface area contributed by atoms with Gasteiger partial charge in [0, 0.05) is 19.6 Å². The summed E-state index contributed by atoms with van der Waals surface area (Å²) in [5.41, 5.74) is -0.754. The normalized spacial score (nSPS) is 27.2. The van der Waals surface area contributed by atoms with E-state index >= 15 is 0 Å². The minimum Gasteiger partial charge on any atom is -0.378 e. The van der Waals surface area contributed by atoms with Gasteiger partial charge in [0.25, 0.3) is 0 Å². The van der Waals surface area contributed by atoms with E-state index in [1.54, 1.807) is 0 Å². The molecule has 2 atom stereocenters. The van der Waals surface area contributed by atoms with Crippen LogP contribution in [0.25, 0.3) is 0 Å². The third-order valence-electron chi connectivity index (χ3n) is 5.57. The number of nitrogens with one attached hydrogen (secondary N) is 1. The van der Waals surface area contributed by atoms with Gasteiger partial charge in [0.1, 0.15) is 5.54 Å². The van der Waals surface area contributed by atoms with Gasteiger partial charge in [-0.1, -0.05) is 0 Å². The van der Waals surface area contributed by atoms with Crippen molar-refractivity contribution in [1.82, 2.24) is 15.1 Å². The first-order chi connectivity index (χ1) is 12.0. The molecule has 2 unspecified atom stereocenters. The summed E-state index contributed by atoms with van der Waals surface area (Å²) in [4.78, 5) is 29.0. The van der Waals surface area contributed by atoms with Gasteiger partial charge >= 0.3 is 0 Å². The van der Waals surface area contributed by atoms with E-state index in [-0.39, 0.29) is 30.2 Å². The van der Waals surface area contributed by atoms with Crippen LogP contribution in [-0.2, 0) is 14.3 Å². The largest absolute Gasteiger partial charge is 0.378 e. The molecule has 0 bridgehead atoms. The first-order valence-electron chi connectivity index (χ1n) is 9.33. The molecule has 0 spiro atoms. The maximum absolute atomic E-state index is 12.7. The van der Waals surface area contributed by atoms with Crippen molar-refractivity contribution < 1.29 is 14.3 Å². The third-order valence-corrected chi connectivity index (χ3v) is 5.57. The van der Waals surface area contributed by atoms with Gasteiger partial charge < -0.3 is 15.0 Å². The maximum Gasteiger partial charge on any atom is 0.235 e. The Morgan fingerprint density at radius 2 is 1.96 bits per heavy atom. The van der Waals surface area contributed by atoms with E-state index in [2.05, 4.69) is 11.4 Å². The summed E-state index contributed by atoms with van der Waals surface area (Å²) in [6.07, 6.45) is 3.81. The Kier molecular flexibility index (Phi) is 5.60. The third kappa shape index (κ3) is 4.50. The summed E-state index contributed by atoms with van der Waals surface area (Å²) in [5, 5.41) is 12.3. The highest BCUT2D eigenvalue weighted by Gasteiger charge is 2.43. The molecule has 0 aromatic heterocycles. The average Bonchev–Trinajstić information content (AvgIpc) is 3.47. The molecule has 3 rings (SSSR count). The lowest BCUT2D eigenvalue weighted by Gasteiger charge is -2.36. The van der Waals surface area contributed by atoms with Crippen molar-refractivity contribution in [3.8, 4) is 6.07 Å². The highest BCUT2D eigenvalue weighted by atomic mass is 16.5. The minimum absolute atomic E-state index is 0.0366. The van der Waals surface area contributed by atoms with E-state index in [1.807, 2.05) is 16.7 Å². The molecule has 0 radical (unpaired) electrons. The van der Waals surface area contributed by atoms with Crippen LogP contribution in [0.15, 0.2) is 0 Å². The molecule has 2 heterocycles. The first-order valence-corrected chi connectivity index (χ1v) is 9.33. The van der Waals surface area contributed by atoms with Crippen LogP contribution in [0, 0.1) is 23.2 Å². The molecule has 25 heavy (non-hydrogen) atoms. The van der Waals surface area contributed by atoms with E-state index in [0.717, 1.165) is 32.2 Å². The Hall–Kier alpha value is -1.65. The van der Waals surface area contributed by atoms with E-state index < -0.39 is 5.54 Å². The molecular weight excluding hydrogens is 320 g/mol. The molecule has 3 fully saturated rings. The molecule has 138 valence electrons. The van der Waals surface area contributed by atoms with Crippen molar-refractivity contribution in [2.24, 2.45) is 11.8 Å². The lowest BCUT2D eigenvalue weighted by Crippen LogP contribution is -2.53. The lowest BCUT2D eigenvalue weighted by atomic mass is 9.95. The maximum atomic E-state index is 12.7. The quantitative estimate of drug-likeness (QED) is 0.776. The van der Waals surface area contributed by atoms with Crippen molar-refractivity contribution >= 4 is 11.8 Å². The fourth-order valence-corrected chi connectivity index (χ4v) is 3.86. The molecule has 1 aliphatic carbocycles. The van der Waals surface area contributed by atoms with Crippen molar-refractivity contribution in [3.63, 3.8) is 0 Å². The number of piperidine rings is 1. The van der Waals surface area contributed by atoms with Crippen LogP contribution in [0.3, 0.4) is 0 Å². The van der Waals surface area contributed by atoms with Gasteiger partial charge in [-0.2, -0.15) is 5.26 Å². The average molecular weight is 348 g/mol. The monoisotopic (exact) mass is 348 g/mol. The highest BCUT2D eigenvalue weighted by Crippen LogP contribution is 2.39. The van der Waals surface area contributed by atoms with E-state index in [0.29, 0.717) is 32.8 Å². The molecule has 0 aromatic carbocycles. The molecule has 2 saturated heterocycles. The predicted molar refractivity (Wildman–Crippen MR) is 91.4 cm³/mol. The molecule has 2 amide bonds. The van der Waals surface area contributed by atoms with Crippen LogP contribution in [0.4, 0.5) is 0 Å². The summed E-state index contributed by atoms with van der Waals surface area (Å²) in [6, 6.07) is 2.26. The first kappa shape index (κ1) is 18.2. The number of nitrogens with zero attached hydrogens (tertiary/aromatic N) is 3. The second-order valence-electron chi connectivity index (χ2n) is 7.65. The van der Waals surface area contributed by atoms with Crippen LogP contribution in [0.1, 0.15) is 32.6 Å². The standard InChI is InChI=1S/C18H28N4O3/c1-18(13-19,15-4-5-15)20-16(23)12-21-6-2-3-14(11-21)17(24)22-7-9-25-10-8-22/h14-15H,2-12H2,1H3,(H,20,23). The van der Waals surface area contributed by atoms with Gasteiger partial charge in [0.2, 0.25) is 11.8 Å². The van der Waals surface area contributed by atoms with Gasteiger partial charge in [0.05, 0.1) is 31.7 Å². The number of hydrogen-bond donors (Lipinski definition) is 1. The SMILES string of the molecule is CC(C#N)(NC(=O)CN1CCCC(C(=O)N2CCOCC2)C1)C1CC1. The van der Waals surface area contributed by atoms with Crippen LogP contribution < -0.4 is 5.32 Å². The lowest BCUT2D eigenvalue weighted by molar-refractivity contribution is -0.142. The van der Waals surface area contributed by atoms with Crippen LogP contribution in [0.2, 0.25) is 0 Å². The van der Waals surface area contributed by atoms with Crippen LogP contribution in [-0.4, -0.2) is 73.1 Å². The van der Waals surface area contributed by atoms with Gasteiger partial charge in [-0.05, 0) is 45.1 Å². The number of rotatable bonds is 5. The number of carbonyl (C=O) groups excluding carboxylic acids is 2. The molecule has 2 aliphatic heterocycles. The Bertz CT molecular complexity index is 551. The second kappa shape index (κ2) is 7.71. The Morgan fingerprint density at radius 1 is 1.24 bits per heavy atom. The molecule has 1 N–H and O–H groups in total. The molecule has 7 nitrogen and oxygen atoms in total. The number of likely N-dealkylation sites (tertiary alicyclic amines) is 1. The zero-order valence-electron chi connectivity index (χ0n) is 15.0. The summed E-state index contributed by atoms with van der Waals surface area (Å²) in [7, 11) is 0. The molecule has 1 saturated carbocycles. The summed E-state index contributed by atoms with van der Waals surface area (Å²) in [6.45, 7) is 6.07. The van der Waals surface area contributed by atoms with Gasteiger partial charge in [0.15, 0.2) is 0 Å². The summed E-state index contributed by atoms with van der Waals surface area (Å²) in [5.74, 6) is 0.313. The number of amides is 2. The number of hydrogen-bond acceptors (Lipinski definition) is 5. The van der Waals surface area contributed by atoms with Crippen molar-refractivity contribution in [3.05, 3.63) is 0 Å². The van der Waals surface area contributed by atoms with E-state index in [9.17, 15) is 14.9 Å². The Balaban J connectivity index is 1.50. The summed E-state index contributed by atoms with van der Waals surface area (Å²) >= 11 is 0. The van der Waals surface area contributed by atoms with Crippen LogP contribution >= 0.6 is 0 Å². The van der Waals surface area contributed by atoms with Crippen molar-refractivity contribution in [2.45, 2.75) is 38.1 Å². The van der Waals surface area contributed by atoms with Crippen molar-refractivity contribution in [1.29, 1.82) is 5.26 Å². The Labute approximate surface area is 149 Å². The number of morpholine rings is 1. The molecule has 0 aromatic rings. The second-order valence-corrected chi connectivity index (χ2v) is 7.65. The number of carbonyl (C=O) groups is 2. The van der Waals surface area contributed by atoms with Gasteiger partial charge in [-0.3, -0.25) is 14.5 Å². The zero-order valence-corrected chi connectivity index (χ0v) is 15.0. The number of ether oxygens (including phenoxy) is 1. The van der Waals surface area contributed by atoms with Gasteiger partial charge in [-0.25, -0.2) is 0 Å². The molecular formula is C18H28N4O3.